The van der Waals surface area contributed by atoms with E-state index in [2.05, 4.69) is 31.2 Å². The number of aliphatic hydroxyl groups is 1. The molecule has 0 spiro atoms. The van der Waals surface area contributed by atoms with Crippen molar-refractivity contribution in [2.45, 2.75) is 22.9 Å². The minimum absolute atomic E-state index is 0.707. The first kappa shape index (κ1) is 18.0. The van der Waals surface area contributed by atoms with Gasteiger partial charge in [-0.2, -0.15) is 5.10 Å². The van der Waals surface area contributed by atoms with Crippen molar-refractivity contribution in [2.75, 3.05) is 0 Å². The summed E-state index contributed by atoms with van der Waals surface area (Å²) in [5, 5.41) is 18.9. The van der Waals surface area contributed by atoms with Crippen LogP contribution in [-0.4, -0.2) is 14.9 Å². The summed E-state index contributed by atoms with van der Waals surface area (Å²) < 4.78 is 1.87. The van der Waals surface area contributed by atoms with Gasteiger partial charge < -0.3 is 5.11 Å². The standard InChI is InChI=1S/C22H20N2OS2/c1-15-10-12-17(13-11-15)27-22-19(21(25)18-9-6-14-26-18)20(23-24(22)2)16-7-4-3-5-8-16/h3-14,21,25H,1-2H3. The molecule has 1 unspecified atom stereocenters. The summed E-state index contributed by atoms with van der Waals surface area (Å²) in [7, 11) is 1.94. The van der Waals surface area contributed by atoms with Crippen molar-refractivity contribution in [3.63, 3.8) is 0 Å². The first-order chi connectivity index (χ1) is 13.1. The van der Waals surface area contributed by atoms with E-state index in [9.17, 15) is 5.11 Å². The van der Waals surface area contributed by atoms with Gasteiger partial charge in [0.1, 0.15) is 11.1 Å². The molecule has 0 fully saturated rings. The van der Waals surface area contributed by atoms with Crippen LogP contribution in [0, 0.1) is 6.92 Å². The predicted octanol–water partition coefficient (Wildman–Crippen LogP) is 5.69. The molecule has 1 N–H and O–H groups in total. The Kier molecular flexibility index (Phi) is 5.16. The topological polar surface area (TPSA) is 38.1 Å². The molecule has 3 nitrogen and oxygen atoms in total. The quantitative estimate of drug-likeness (QED) is 0.474. The lowest BCUT2D eigenvalue weighted by atomic mass is 10.0. The first-order valence-corrected chi connectivity index (χ1v) is 10.4. The van der Waals surface area contributed by atoms with Crippen LogP contribution in [0.3, 0.4) is 0 Å². The summed E-state index contributed by atoms with van der Waals surface area (Å²) in [6, 6.07) is 22.4. The number of hydrogen-bond donors (Lipinski definition) is 1. The number of aromatic nitrogens is 2. The maximum absolute atomic E-state index is 11.2. The molecule has 2 aromatic heterocycles. The molecule has 1 atom stereocenters. The molecule has 4 aromatic rings. The van der Waals surface area contributed by atoms with Crippen LogP contribution >= 0.6 is 23.1 Å². The second-order valence-corrected chi connectivity index (χ2v) is 8.43. The number of benzene rings is 2. The van der Waals surface area contributed by atoms with Gasteiger partial charge >= 0.3 is 0 Å². The molecule has 0 aliphatic heterocycles. The summed E-state index contributed by atoms with van der Waals surface area (Å²) in [5.41, 5.74) is 3.92. The van der Waals surface area contributed by atoms with Gasteiger partial charge in [-0.25, -0.2) is 0 Å². The highest BCUT2D eigenvalue weighted by Crippen LogP contribution is 2.41. The Morgan fingerprint density at radius 2 is 1.74 bits per heavy atom. The summed E-state index contributed by atoms with van der Waals surface area (Å²) in [6.07, 6.45) is -0.707. The molecular formula is C22H20N2OS2. The van der Waals surface area contributed by atoms with Gasteiger partial charge in [0.25, 0.3) is 0 Å². The number of rotatable bonds is 5. The van der Waals surface area contributed by atoms with Gasteiger partial charge in [-0.1, -0.05) is 65.9 Å². The van der Waals surface area contributed by atoms with E-state index in [1.54, 1.807) is 23.1 Å². The molecule has 0 bridgehead atoms. The van der Waals surface area contributed by atoms with Crippen molar-refractivity contribution < 1.29 is 5.11 Å². The minimum Gasteiger partial charge on any atom is -0.383 e. The molecule has 2 heterocycles. The minimum atomic E-state index is -0.707. The second-order valence-electron chi connectivity index (χ2n) is 6.39. The average molecular weight is 393 g/mol. The molecular weight excluding hydrogens is 372 g/mol. The van der Waals surface area contributed by atoms with Crippen LogP contribution in [-0.2, 0) is 7.05 Å². The van der Waals surface area contributed by atoms with Gasteiger partial charge in [-0.05, 0) is 30.5 Å². The van der Waals surface area contributed by atoms with E-state index in [4.69, 9.17) is 5.10 Å². The lowest BCUT2D eigenvalue weighted by molar-refractivity contribution is 0.221. The highest BCUT2D eigenvalue weighted by atomic mass is 32.2. The van der Waals surface area contributed by atoms with Gasteiger partial charge in [0.15, 0.2) is 0 Å². The number of aryl methyl sites for hydroxylation is 2. The molecule has 0 aliphatic carbocycles. The molecule has 27 heavy (non-hydrogen) atoms. The van der Waals surface area contributed by atoms with Crippen LogP contribution in [0.2, 0.25) is 0 Å². The molecule has 4 rings (SSSR count). The van der Waals surface area contributed by atoms with Crippen LogP contribution in [0.4, 0.5) is 0 Å². The molecule has 5 heteroatoms. The zero-order chi connectivity index (χ0) is 18.8. The molecule has 136 valence electrons. The normalized spacial score (nSPS) is 12.3. The van der Waals surface area contributed by atoms with Gasteiger partial charge in [0.2, 0.25) is 0 Å². The average Bonchev–Trinajstić information content (AvgIpc) is 3.33. The fourth-order valence-electron chi connectivity index (χ4n) is 3.01. The molecule has 0 saturated carbocycles. The highest BCUT2D eigenvalue weighted by Gasteiger charge is 2.26. The van der Waals surface area contributed by atoms with E-state index in [-0.39, 0.29) is 0 Å². The largest absolute Gasteiger partial charge is 0.383 e. The van der Waals surface area contributed by atoms with E-state index in [0.29, 0.717) is 0 Å². The Bertz CT molecular complexity index is 1020. The molecule has 0 aliphatic rings. The number of nitrogens with zero attached hydrogens (tertiary/aromatic N) is 2. The van der Waals surface area contributed by atoms with Crippen molar-refractivity contribution in [3.8, 4) is 11.3 Å². The number of aliphatic hydroxyl groups excluding tert-OH is 1. The van der Waals surface area contributed by atoms with Crippen molar-refractivity contribution >= 4 is 23.1 Å². The Morgan fingerprint density at radius 3 is 2.41 bits per heavy atom. The van der Waals surface area contributed by atoms with Crippen LogP contribution in [0.1, 0.15) is 22.1 Å². The summed E-state index contributed by atoms with van der Waals surface area (Å²) in [6.45, 7) is 2.08. The fraction of sp³-hybridized carbons (Fsp3) is 0.136. The summed E-state index contributed by atoms with van der Waals surface area (Å²) in [4.78, 5) is 2.05. The highest BCUT2D eigenvalue weighted by molar-refractivity contribution is 7.99. The van der Waals surface area contributed by atoms with Gasteiger partial charge in [-0.3, -0.25) is 4.68 Å². The summed E-state index contributed by atoms with van der Waals surface area (Å²) >= 11 is 3.20. The van der Waals surface area contributed by atoms with Crippen molar-refractivity contribution in [1.82, 2.24) is 9.78 Å². The van der Waals surface area contributed by atoms with Gasteiger partial charge in [-0.15, -0.1) is 11.3 Å². The predicted molar refractivity (Wildman–Crippen MR) is 112 cm³/mol. The zero-order valence-corrected chi connectivity index (χ0v) is 16.8. The molecule has 0 radical (unpaired) electrons. The van der Waals surface area contributed by atoms with Crippen LogP contribution in [0.15, 0.2) is 82.0 Å². The maximum Gasteiger partial charge on any atom is 0.118 e. The van der Waals surface area contributed by atoms with Crippen molar-refractivity contribution in [2.24, 2.45) is 7.05 Å². The Labute approximate surface area is 167 Å². The fourth-order valence-corrected chi connectivity index (χ4v) is 4.71. The van der Waals surface area contributed by atoms with Crippen molar-refractivity contribution in [3.05, 3.63) is 88.1 Å². The second kappa shape index (κ2) is 7.72. The Balaban J connectivity index is 1.84. The van der Waals surface area contributed by atoms with E-state index >= 15 is 0 Å². The third-order valence-corrected chi connectivity index (χ3v) is 6.51. The Hall–Kier alpha value is -2.34. The van der Waals surface area contributed by atoms with Crippen molar-refractivity contribution in [1.29, 1.82) is 0 Å². The third-order valence-electron chi connectivity index (χ3n) is 4.40. The van der Waals surface area contributed by atoms with E-state index in [1.165, 1.54) is 5.56 Å². The summed E-state index contributed by atoms with van der Waals surface area (Å²) in [5.74, 6) is 0. The number of thiophene rings is 1. The van der Waals surface area contributed by atoms with E-state index in [1.807, 2.05) is 59.6 Å². The Morgan fingerprint density at radius 1 is 1.00 bits per heavy atom. The monoisotopic (exact) mass is 392 g/mol. The SMILES string of the molecule is Cc1ccc(Sc2c(C(O)c3cccs3)c(-c3ccccc3)nn2C)cc1. The van der Waals surface area contributed by atoms with Crippen LogP contribution in [0.5, 0.6) is 0 Å². The maximum atomic E-state index is 11.2. The first-order valence-electron chi connectivity index (χ1n) is 8.72. The smallest absolute Gasteiger partial charge is 0.118 e. The zero-order valence-electron chi connectivity index (χ0n) is 15.2. The molecule has 0 saturated heterocycles. The third kappa shape index (κ3) is 3.72. The van der Waals surface area contributed by atoms with Crippen LogP contribution in [0.25, 0.3) is 11.3 Å². The molecule has 0 amide bonds. The van der Waals surface area contributed by atoms with E-state index in [0.717, 1.165) is 31.6 Å². The number of hydrogen-bond acceptors (Lipinski definition) is 4. The molecule has 2 aromatic carbocycles. The van der Waals surface area contributed by atoms with E-state index < -0.39 is 6.10 Å². The van der Waals surface area contributed by atoms with Crippen LogP contribution < -0.4 is 0 Å². The van der Waals surface area contributed by atoms with Gasteiger partial charge in [0.05, 0.1) is 5.69 Å². The lowest BCUT2D eigenvalue weighted by Crippen LogP contribution is -2.01. The lowest BCUT2D eigenvalue weighted by Gasteiger charge is -2.13. The van der Waals surface area contributed by atoms with Gasteiger partial charge in [0, 0.05) is 27.9 Å².